The van der Waals surface area contributed by atoms with Crippen molar-refractivity contribution in [3.8, 4) is 0 Å². The maximum atomic E-state index is 5.90. The first-order valence-electron chi connectivity index (χ1n) is 5.84. The molecule has 4 heteroatoms. The summed E-state index contributed by atoms with van der Waals surface area (Å²) in [7, 11) is 0. The van der Waals surface area contributed by atoms with Gasteiger partial charge in [0.2, 0.25) is 11.0 Å². The molecule has 0 amide bonds. The van der Waals surface area contributed by atoms with Crippen molar-refractivity contribution in [2.24, 2.45) is 0 Å². The van der Waals surface area contributed by atoms with Crippen molar-refractivity contribution in [3.63, 3.8) is 0 Å². The number of aromatic nitrogens is 1. The largest absolute Gasteiger partial charge is 1.00 e. The summed E-state index contributed by atoms with van der Waals surface area (Å²) in [4.78, 5) is 0. The highest BCUT2D eigenvalue weighted by Gasteiger charge is 2.11. The van der Waals surface area contributed by atoms with E-state index >= 15 is 0 Å². The summed E-state index contributed by atoms with van der Waals surface area (Å²) in [5, 5.41) is 0.787. The molecule has 0 aliphatic rings. The van der Waals surface area contributed by atoms with Gasteiger partial charge in [-0.2, -0.15) is 4.57 Å². The third kappa shape index (κ3) is 3.16. The Morgan fingerprint density at radius 1 is 1.11 bits per heavy atom. The molecule has 0 bridgehead atoms. The summed E-state index contributed by atoms with van der Waals surface area (Å²) in [5.41, 5.74) is 6.05. The Morgan fingerprint density at radius 3 is 2.58 bits per heavy atom. The van der Waals surface area contributed by atoms with Crippen LogP contribution in [0, 0.1) is 6.92 Å². The van der Waals surface area contributed by atoms with Crippen LogP contribution >= 0.6 is 22.9 Å². The molecule has 1 nitrogen and oxygen atoms in total. The van der Waals surface area contributed by atoms with E-state index in [2.05, 4.69) is 47.3 Å². The first kappa shape index (κ1) is 14.5. The Bertz CT molecular complexity index is 691. The minimum absolute atomic E-state index is 0. The first-order valence-corrected chi connectivity index (χ1v) is 7.10. The monoisotopic (exact) mass is 353 g/mol. The van der Waals surface area contributed by atoms with E-state index < -0.39 is 0 Å². The van der Waals surface area contributed by atoms with Gasteiger partial charge in [-0.1, -0.05) is 41.1 Å². The Labute approximate surface area is 132 Å². The van der Waals surface area contributed by atoms with Crippen molar-refractivity contribution in [3.05, 3.63) is 64.1 Å². The lowest BCUT2D eigenvalue weighted by Crippen LogP contribution is -3.00. The second-order valence-corrected chi connectivity index (χ2v) is 5.77. The van der Waals surface area contributed by atoms with E-state index in [0.717, 1.165) is 11.6 Å². The molecule has 0 N–H and O–H groups in total. The van der Waals surface area contributed by atoms with E-state index in [1.54, 1.807) is 11.3 Å². The molecule has 0 saturated carbocycles. The predicted octanol–water partition coefficient (Wildman–Crippen LogP) is 1.20. The van der Waals surface area contributed by atoms with Crippen molar-refractivity contribution in [2.75, 3.05) is 0 Å². The third-order valence-electron chi connectivity index (χ3n) is 3.00. The zero-order chi connectivity index (χ0) is 12.5. The highest BCUT2D eigenvalue weighted by molar-refractivity contribution is 7.16. The minimum Gasteiger partial charge on any atom is -1.00 e. The van der Waals surface area contributed by atoms with Gasteiger partial charge < -0.3 is 17.0 Å². The quantitative estimate of drug-likeness (QED) is 0.609. The maximum Gasteiger partial charge on any atom is 0.226 e. The molecular formula is C15H13BrClNS. The minimum atomic E-state index is 0. The van der Waals surface area contributed by atoms with Crippen LogP contribution in [0.5, 0.6) is 0 Å². The Hall–Kier alpha value is -0.900. The molecule has 0 radical (unpaired) electrons. The van der Waals surface area contributed by atoms with Crippen LogP contribution in [0.1, 0.15) is 11.1 Å². The van der Waals surface area contributed by atoms with Gasteiger partial charge in [-0.25, -0.2) is 0 Å². The number of benzene rings is 2. The molecule has 0 aliphatic carbocycles. The van der Waals surface area contributed by atoms with Gasteiger partial charge >= 0.3 is 0 Å². The average molecular weight is 355 g/mol. The molecular weight excluding hydrogens is 342 g/mol. The Kier molecular flexibility index (Phi) is 4.61. The molecule has 19 heavy (non-hydrogen) atoms. The third-order valence-corrected chi connectivity index (χ3v) is 4.19. The van der Waals surface area contributed by atoms with Crippen molar-refractivity contribution < 1.29 is 21.5 Å². The van der Waals surface area contributed by atoms with Crippen molar-refractivity contribution in [2.45, 2.75) is 13.5 Å². The molecule has 2 aromatic carbocycles. The molecule has 0 fully saturated rings. The van der Waals surface area contributed by atoms with Crippen LogP contribution < -0.4 is 21.5 Å². The standard InChI is InChI=1S/C15H13ClNS.BrH/c1-11-2-7-14-15(8-11)18-10-17(14)9-12-3-5-13(16)6-4-12;/h2-8,10H,9H2,1H3;1H/q+1;/p-1. The van der Waals surface area contributed by atoms with Crippen molar-refractivity contribution in [1.29, 1.82) is 0 Å². The number of fused-ring (bicyclic) bond motifs is 1. The van der Waals surface area contributed by atoms with Crippen molar-refractivity contribution >= 4 is 33.2 Å². The fourth-order valence-corrected chi connectivity index (χ4v) is 3.15. The number of hydrogen-bond acceptors (Lipinski definition) is 1. The number of thiazole rings is 1. The van der Waals surface area contributed by atoms with Crippen LogP contribution in [0.4, 0.5) is 0 Å². The molecule has 3 aromatic rings. The van der Waals surface area contributed by atoms with E-state index in [1.807, 2.05) is 12.1 Å². The summed E-state index contributed by atoms with van der Waals surface area (Å²) in [6.45, 7) is 3.02. The van der Waals surface area contributed by atoms with E-state index in [1.165, 1.54) is 21.3 Å². The maximum absolute atomic E-state index is 5.90. The molecule has 0 aliphatic heterocycles. The van der Waals surface area contributed by atoms with Crippen LogP contribution in [0.15, 0.2) is 48.0 Å². The summed E-state index contributed by atoms with van der Waals surface area (Å²) in [6, 6.07) is 14.6. The lowest BCUT2D eigenvalue weighted by atomic mass is 10.2. The summed E-state index contributed by atoms with van der Waals surface area (Å²) in [5.74, 6) is 0. The van der Waals surface area contributed by atoms with Gasteiger partial charge in [0, 0.05) is 16.7 Å². The molecule has 0 spiro atoms. The van der Waals surface area contributed by atoms with Gasteiger partial charge in [0.05, 0.1) is 0 Å². The lowest BCUT2D eigenvalue weighted by Gasteiger charge is -1.97. The number of halogens is 2. The van der Waals surface area contributed by atoms with E-state index in [-0.39, 0.29) is 17.0 Å². The Balaban J connectivity index is 0.00000133. The van der Waals surface area contributed by atoms with Gasteiger partial charge in [-0.05, 0) is 30.7 Å². The molecule has 1 aromatic heterocycles. The highest BCUT2D eigenvalue weighted by Crippen LogP contribution is 2.18. The van der Waals surface area contributed by atoms with Gasteiger partial charge in [-0.15, -0.1) is 0 Å². The molecule has 1 heterocycles. The zero-order valence-corrected chi connectivity index (χ0v) is 13.6. The lowest BCUT2D eigenvalue weighted by molar-refractivity contribution is -0.658. The van der Waals surface area contributed by atoms with Gasteiger partial charge in [0.25, 0.3) is 0 Å². The van der Waals surface area contributed by atoms with E-state index in [4.69, 9.17) is 11.6 Å². The number of rotatable bonds is 2. The van der Waals surface area contributed by atoms with Crippen LogP contribution in [-0.4, -0.2) is 0 Å². The van der Waals surface area contributed by atoms with Gasteiger partial charge in [0.15, 0.2) is 6.54 Å². The van der Waals surface area contributed by atoms with Crippen LogP contribution in [-0.2, 0) is 6.54 Å². The number of hydrogen-bond donors (Lipinski definition) is 0. The molecule has 98 valence electrons. The smallest absolute Gasteiger partial charge is 0.226 e. The van der Waals surface area contributed by atoms with Crippen LogP contribution in [0.3, 0.4) is 0 Å². The average Bonchev–Trinajstić information content (AvgIpc) is 2.74. The first-order chi connectivity index (χ1) is 8.72. The summed E-state index contributed by atoms with van der Waals surface area (Å²) >= 11 is 7.69. The topological polar surface area (TPSA) is 3.88 Å². The Morgan fingerprint density at radius 2 is 1.84 bits per heavy atom. The molecule has 3 rings (SSSR count). The summed E-state index contributed by atoms with van der Waals surface area (Å²) in [6.07, 6.45) is 0. The number of aryl methyl sites for hydroxylation is 1. The zero-order valence-electron chi connectivity index (χ0n) is 10.4. The fourth-order valence-electron chi connectivity index (χ4n) is 2.04. The van der Waals surface area contributed by atoms with E-state index in [9.17, 15) is 0 Å². The van der Waals surface area contributed by atoms with E-state index in [0.29, 0.717) is 0 Å². The summed E-state index contributed by atoms with van der Waals surface area (Å²) < 4.78 is 3.62. The second-order valence-electron chi connectivity index (χ2n) is 4.45. The van der Waals surface area contributed by atoms with Crippen molar-refractivity contribution in [1.82, 2.24) is 0 Å². The molecule has 0 atom stereocenters. The molecule has 0 saturated heterocycles. The predicted molar refractivity (Wildman–Crippen MR) is 77.3 cm³/mol. The van der Waals surface area contributed by atoms with Crippen LogP contribution in [0.25, 0.3) is 10.2 Å². The second kappa shape index (κ2) is 6.04. The normalized spacial score (nSPS) is 10.4. The SMILES string of the molecule is Cc1ccc2c(c1)sc[n+]2Cc1ccc(Cl)cc1.[Br-]. The van der Waals surface area contributed by atoms with Gasteiger partial charge in [0.1, 0.15) is 4.70 Å². The van der Waals surface area contributed by atoms with Crippen LogP contribution in [0.2, 0.25) is 5.02 Å². The fraction of sp³-hybridized carbons (Fsp3) is 0.133. The van der Waals surface area contributed by atoms with Gasteiger partial charge in [-0.3, -0.25) is 0 Å². The molecule has 0 unspecified atom stereocenters. The highest BCUT2D eigenvalue weighted by atomic mass is 79.9. The number of nitrogens with zero attached hydrogens (tertiary/aromatic N) is 1.